The first-order valence-electron chi connectivity index (χ1n) is 4.32. The van der Waals surface area contributed by atoms with Crippen molar-refractivity contribution in [3.8, 4) is 0 Å². The molecule has 0 aromatic carbocycles. The Balaban J connectivity index is 2.07. The second-order valence-electron chi connectivity index (χ2n) is 3.97. The second kappa shape index (κ2) is 1.67. The van der Waals surface area contributed by atoms with Crippen LogP contribution in [0.5, 0.6) is 0 Å². The van der Waals surface area contributed by atoms with E-state index < -0.39 is 5.06 Å². The van der Waals surface area contributed by atoms with Crippen molar-refractivity contribution in [1.29, 1.82) is 0 Å². The zero-order chi connectivity index (χ0) is 7.53. The molecule has 0 radical (unpaired) electrons. The molecule has 0 aromatic rings. The first-order chi connectivity index (χ1) is 5.23. The van der Waals surface area contributed by atoms with E-state index in [0.717, 1.165) is 6.42 Å². The zero-order valence-corrected chi connectivity index (χ0v) is 7.10. The van der Waals surface area contributed by atoms with E-state index in [9.17, 15) is 0 Å². The van der Waals surface area contributed by atoms with Crippen LogP contribution in [0, 0.1) is 5.92 Å². The van der Waals surface area contributed by atoms with Gasteiger partial charge in [0.25, 0.3) is 0 Å². The second-order valence-corrected chi connectivity index (χ2v) is 4.61. The van der Waals surface area contributed by atoms with Gasteiger partial charge in [-0.3, -0.25) is 0 Å². The Bertz CT molecular complexity index is 238. The van der Waals surface area contributed by atoms with E-state index in [4.69, 9.17) is 16.3 Å². The van der Waals surface area contributed by atoms with Gasteiger partial charge in [-0.2, -0.15) is 0 Å². The molecule has 2 heterocycles. The Hall–Kier alpha value is -0.0100. The summed E-state index contributed by atoms with van der Waals surface area (Å²) in [4.78, 5) is 0. The minimum absolute atomic E-state index is 0.0712. The van der Waals surface area contributed by atoms with Crippen LogP contribution in [0.15, 0.2) is 12.2 Å². The third-order valence-corrected chi connectivity index (χ3v) is 3.67. The fourth-order valence-corrected chi connectivity index (χ4v) is 3.19. The molecule has 0 aromatic heterocycles. The zero-order valence-electron chi connectivity index (χ0n) is 6.35. The Morgan fingerprint density at radius 2 is 2.36 bits per heavy atom. The molecule has 0 N–H and O–H groups in total. The van der Waals surface area contributed by atoms with E-state index in [1.807, 2.05) is 6.08 Å². The summed E-state index contributed by atoms with van der Waals surface area (Å²) in [5.41, 5.74) is 0.0712. The van der Waals surface area contributed by atoms with Gasteiger partial charge in [0.05, 0.1) is 5.60 Å². The van der Waals surface area contributed by atoms with Crippen LogP contribution in [0.3, 0.4) is 0 Å². The van der Waals surface area contributed by atoms with Gasteiger partial charge in [0.15, 0.2) is 5.06 Å². The minimum atomic E-state index is -0.412. The number of ether oxygens (including phenoxy) is 1. The molecule has 1 nitrogen and oxygen atoms in total. The van der Waals surface area contributed by atoms with Crippen LogP contribution in [0.4, 0.5) is 0 Å². The van der Waals surface area contributed by atoms with E-state index in [1.165, 1.54) is 19.3 Å². The van der Waals surface area contributed by atoms with Gasteiger partial charge in [-0.05, 0) is 31.3 Å². The third kappa shape index (κ3) is 0.664. The van der Waals surface area contributed by atoms with Crippen LogP contribution in [-0.2, 0) is 4.74 Å². The minimum Gasteiger partial charge on any atom is -0.345 e. The number of halogens is 1. The van der Waals surface area contributed by atoms with Crippen molar-refractivity contribution in [2.45, 2.75) is 36.3 Å². The third-order valence-electron chi connectivity index (χ3n) is 3.31. The molecule has 1 saturated carbocycles. The molecule has 11 heavy (non-hydrogen) atoms. The van der Waals surface area contributed by atoms with Gasteiger partial charge >= 0.3 is 0 Å². The number of hydrogen-bond donors (Lipinski definition) is 0. The number of rotatable bonds is 0. The monoisotopic (exact) mass is 170 g/mol. The molecular formula is C9H11ClO. The summed E-state index contributed by atoms with van der Waals surface area (Å²) in [7, 11) is 0. The van der Waals surface area contributed by atoms with Crippen LogP contribution in [0.1, 0.15) is 25.7 Å². The highest BCUT2D eigenvalue weighted by molar-refractivity contribution is 6.24. The standard InChI is InChI=1S/C9H11ClO/c10-9-5-4-8(11-9)3-1-2-7(8)6-9/h4-5,7H,1-3,6H2/t7?,8-,9+/m0/s1. The quantitative estimate of drug-likeness (QED) is 0.401. The van der Waals surface area contributed by atoms with E-state index in [0.29, 0.717) is 5.92 Å². The molecule has 2 heteroatoms. The van der Waals surface area contributed by atoms with Crippen molar-refractivity contribution in [3.05, 3.63) is 12.2 Å². The molecule has 1 aliphatic carbocycles. The number of alkyl halides is 1. The summed E-state index contributed by atoms with van der Waals surface area (Å²) in [5, 5.41) is -0.412. The maximum absolute atomic E-state index is 6.18. The Morgan fingerprint density at radius 1 is 1.45 bits per heavy atom. The maximum atomic E-state index is 6.18. The van der Waals surface area contributed by atoms with E-state index in [2.05, 4.69) is 6.08 Å². The first-order valence-corrected chi connectivity index (χ1v) is 4.70. The van der Waals surface area contributed by atoms with Crippen molar-refractivity contribution < 1.29 is 4.74 Å². The van der Waals surface area contributed by atoms with Gasteiger partial charge in [-0.1, -0.05) is 17.7 Å². The lowest BCUT2D eigenvalue weighted by Crippen LogP contribution is -2.25. The molecule has 2 aliphatic heterocycles. The van der Waals surface area contributed by atoms with Crippen molar-refractivity contribution in [1.82, 2.24) is 0 Å². The van der Waals surface area contributed by atoms with Crippen LogP contribution >= 0.6 is 11.6 Å². The van der Waals surface area contributed by atoms with Crippen LogP contribution in [-0.4, -0.2) is 10.7 Å². The predicted octanol–water partition coefficient (Wildman–Crippen LogP) is 2.45. The van der Waals surface area contributed by atoms with Gasteiger partial charge in [-0.15, -0.1) is 0 Å². The Labute approximate surface area is 71.4 Å². The maximum Gasteiger partial charge on any atom is 0.162 e. The highest BCUT2D eigenvalue weighted by Gasteiger charge is 2.58. The molecule has 2 fully saturated rings. The molecule has 2 bridgehead atoms. The van der Waals surface area contributed by atoms with Gasteiger partial charge in [0.1, 0.15) is 0 Å². The average Bonchev–Trinajstić information content (AvgIpc) is 2.49. The van der Waals surface area contributed by atoms with Gasteiger partial charge in [0.2, 0.25) is 0 Å². The lowest BCUT2D eigenvalue weighted by atomic mass is 9.86. The highest BCUT2D eigenvalue weighted by atomic mass is 35.5. The SMILES string of the molecule is Cl[C@@]12C=C[C@]3(CCCC3C1)O2. The van der Waals surface area contributed by atoms with Gasteiger partial charge in [-0.25, -0.2) is 0 Å². The molecular weight excluding hydrogens is 160 g/mol. The number of hydrogen-bond acceptors (Lipinski definition) is 1. The van der Waals surface area contributed by atoms with Gasteiger partial charge in [0, 0.05) is 6.42 Å². The molecule has 3 atom stereocenters. The Morgan fingerprint density at radius 3 is 3.09 bits per heavy atom. The molecule has 0 amide bonds. The van der Waals surface area contributed by atoms with Crippen LogP contribution < -0.4 is 0 Å². The van der Waals surface area contributed by atoms with Crippen molar-refractivity contribution in [3.63, 3.8) is 0 Å². The summed E-state index contributed by atoms with van der Waals surface area (Å²) < 4.78 is 5.83. The molecule has 1 saturated heterocycles. The summed E-state index contributed by atoms with van der Waals surface area (Å²) in [6, 6.07) is 0. The lowest BCUT2D eigenvalue weighted by molar-refractivity contribution is 0.00484. The van der Waals surface area contributed by atoms with E-state index in [-0.39, 0.29) is 5.60 Å². The van der Waals surface area contributed by atoms with E-state index in [1.54, 1.807) is 0 Å². The van der Waals surface area contributed by atoms with Crippen molar-refractivity contribution >= 4 is 11.6 Å². The lowest BCUT2D eigenvalue weighted by Gasteiger charge is -2.21. The summed E-state index contributed by atoms with van der Waals surface area (Å²) in [5.74, 6) is 0.713. The van der Waals surface area contributed by atoms with Gasteiger partial charge < -0.3 is 4.74 Å². The molecule has 3 aliphatic rings. The summed E-state index contributed by atoms with van der Waals surface area (Å²) >= 11 is 6.18. The number of fused-ring (bicyclic) bond motifs is 1. The Kier molecular flexibility index (Phi) is 0.987. The normalized spacial score (nSPS) is 58.8. The molecule has 60 valence electrons. The van der Waals surface area contributed by atoms with Crippen LogP contribution in [0.25, 0.3) is 0 Å². The summed E-state index contributed by atoms with van der Waals surface area (Å²) in [6.45, 7) is 0. The fraction of sp³-hybridized carbons (Fsp3) is 0.778. The van der Waals surface area contributed by atoms with Crippen molar-refractivity contribution in [2.24, 2.45) is 5.92 Å². The largest absolute Gasteiger partial charge is 0.345 e. The predicted molar refractivity (Wildman–Crippen MR) is 43.5 cm³/mol. The molecule has 1 unspecified atom stereocenters. The highest BCUT2D eigenvalue weighted by Crippen LogP contribution is 2.58. The van der Waals surface area contributed by atoms with Crippen LogP contribution in [0.2, 0.25) is 0 Å². The topological polar surface area (TPSA) is 9.23 Å². The molecule has 3 rings (SSSR count). The van der Waals surface area contributed by atoms with Crippen molar-refractivity contribution in [2.75, 3.05) is 0 Å². The fourth-order valence-electron chi connectivity index (χ4n) is 2.80. The average molecular weight is 171 g/mol. The first kappa shape index (κ1) is 6.50. The van der Waals surface area contributed by atoms with E-state index >= 15 is 0 Å². The smallest absolute Gasteiger partial charge is 0.162 e. The molecule has 1 spiro atoms. The summed E-state index contributed by atoms with van der Waals surface area (Å²) in [6.07, 6.45) is 9.06.